The Morgan fingerprint density at radius 1 is 0.978 bits per heavy atom. The number of aromatic nitrogens is 2. The van der Waals surface area contributed by atoms with E-state index in [9.17, 15) is 18.7 Å². The molecule has 0 fully saturated rings. The number of rotatable bonds is 15. The summed E-state index contributed by atoms with van der Waals surface area (Å²) in [4.78, 5) is 18.0. The van der Waals surface area contributed by atoms with Gasteiger partial charge in [0.1, 0.15) is 23.3 Å². The van der Waals surface area contributed by atoms with E-state index in [1.54, 1.807) is 25.3 Å². The number of hydrogen-bond acceptors (Lipinski definition) is 7. The third kappa shape index (κ3) is 7.57. The van der Waals surface area contributed by atoms with Crippen LogP contribution in [0.25, 0.3) is 16.2 Å². The van der Waals surface area contributed by atoms with Crippen molar-refractivity contribution in [3.8, 4) is 22.1 Å². The number of hydrogen-bond donors (Lipinski definition) is 2. The highest BCUT2D eigenvalue weighted by Gasteiger charge is 2.45. The van der Waals surface area contributed by atoms with Crippen molar-refractivity contribution < 1.29 is 32.6 Å². The van der Waals surface area contributed by atoms with Crippen molar-refractivity contribution in [1.29, 1.82) is 0 Å². The molecule has 244 valence electrons. The summed E-state index contributed by atoms with van der Waals surface area (Å²) in [7, 11) is -2.07. The van der Waals surface area contributed by atoms with Gasteiger partial charge in [-0.05, 0) is 46.8 Å². The van der Waals surface area contributed by atoms with Crippen molar-refractivity contribution in [2.24, 2.45) is 5.73 Å². The highest BCUT2D eigenvalue weighted by molar-refractivity contribution is 7.15. The molecule has 4 aromatic rings. The van der Waals surface area contributed by atoms with Gasteiger partial charge in [0.25, 0.3) is 0 Å². The van der Waals surface area contributed by atoms with Gasteiger partial charge in [0.2, 0.25) is 14.2 Å². The van der Waals surface area contributed by atoms with Crippen LogP contribution in [0.4, 0.5) is 8.78 Å². The van der Waals surface area contributed by atoms with Crippen LogP contribution in [0.3, 0.4) is 0 Å². The summed E-state index contributed by atoms with van der Waals surface area (Å²) in [6.07, 6.45) is 3.02. The summed E-state index contributed by atoms with van der Waals surface area (Å²) < 4.78 is 46.2. The first-order valence-corrected chi connectivity index (χ1v) is 18.1. The minimum atomic E-state index is -3.05. The number of halogens is 2. The predicted molar refractivity (Wildman–Crippen MR) is 175 cm³/mol. The van der Waals surface area contributed by atoms with Crippen LogP contribution in [0.2, 0.25) is 16.6 Å². The summed E-state index contributed by atoms with van der Waals surface area (Å²) in [6, 6.07) is 10.4. The standard InChI is InChI=1S/C33H43F2N3O5SSi/c1-19(2)45(20(3)4,21(5)6)41-18-24-9-11-32-37-15-26(38(32)16-24)29-13-28(30(44-29)14-31(36)40)42-22(7)25-10-8-23(17-39)12-27(25)43-33(34)35/h8-13,15-16,19-22,33,39H,14,17-18H2,1-7H3,(H2,36,40)/t22-/m1/s1. The summed E-state index contributed by atoms with van der Waals surface area (Å²) in [5, 5.41) is 9.47. The number of carbonyl (C=O) groups is 1. The third-order valence-corrected chi connectivity index (χ3v) is 15.5. The van der Waals surface area contributed by atoms with E-state index in [2.05, 4.69) is 46.5 Å². The van der Waals surface area contributed by atoms with E-state index in [1.165, 1.54) is 17.4 Å². The van der Waals surface area contributed by atoms with Crippen molar-refractivity contribution in [1.82, 2.24) is 9.38 Å². The van der Waals surface area contributed by atoms with Crippen molar-refractivity contribution in [3.05, 3.63) is 70.4 Å². The number of alkyl halides is 2. The fraction of sp³-hybridized carbons (Fsp3) is 0.455. The fourth-order valence-corrected chi connectivity index (χ4v) is 12.9. The number of imidazole rings is 1. The van der Waals surface area contributed by atoms with Gasteiger partial charge in [0.15, 0.2) is 0 Å². The van der Waals surface area contributed by atoms with Crippen LogP contribution in [0, 0.1) is 0 Å². The van der Waals surface area contributed by atoms with Crippen LogP contribution in [-0.2, 0) is 28.9 Å². The second-order valence-corrected chi connectivity index (χ2v) is 18.8. The van der Waals surface area contributed by atoms with Crippen molar-refractivity contribution in [2.45, 2.75) is 97.4 Å². The fourth-order valence-electron chi connectivity index (χ4n) is 6.38. The molecule has 0 radical (unpaired) electrons. The van der Waals surface area contributed by atoms with Gasteiger partial charge >= 0.3 is 6.61 Å². The van der Waals surface area contributed by atoms with E-state index in [-0.39, 0.29) is 18.8 Å². The molecule has 0 unspecified atom stereocenters. The van der Waals surface area contributed by atoms with E-state index in [0.717, 1.165) is 21.8 Å². The average Bonchev–Trinajstić information content (AvgIpc) is 3.55. The lowest BCUT2D eigenvalue weighted by Gasteiger charge is -2.42. The number of nitrogens with two attached hydrogens (primary N) is 1. The molecule has 0 spiro atoms. The Morgan fingerprint density at radius 2 is 1.64 bits per heavy atom. The van der Waals surface area contributed by atoms with Crippen molar-refractivity contribution in [2.75, 3.05) is 0 Å². The number of amides is 1. The molecule has 0 saturated carbocycles. The average molecular weight is 660 g/mol. The maximum absolute atomic E-state index is 13.2. The topological polar surface area (TPSA) is 108 Å². The molecule has 0 saturated heterocycles. The molecule has 0 aliphatic carbocycles. The lowest BCUT2D eigenvalue weighted by molar-refractivity contribution is -0.117. The number of primary amides is 1. The molecule has 45 heavy (non-hydrogen) atoms. The Morgan fingerprint density at radius 3 is 2.24 bits per heavy atom. The summed E-state index contributed by atoms with van der Waals surface area (Å²) in [5.41, 5.74) is 10.3. The summed E-state index contributed by atoms with van der Waals surface area (Å²) in [6.45, 7) is 12.4. The minimum absolute atomic E-state index is 0.0568. The van der Waals surface area contributed by atoms with Gasteiger partial charge in [0.05, 0.1) is 41.3 Å². The number of carbonyl (C=O) groups excluding carboxylic acids is 1. The summed E-state index contributed by atoms with van der Waals surface area (Å²) >= 11 is 1.36. The maximum atomic E-state index is 13.2. The first-order valence-electron chi connectivity index (χ1n) is 15.1. The lowest BCUT2D eigenvalue weighted by Crippen LogP contribution is -2.47. The monoisotopic (exact) mass is 659 g/mol. The van der Waals surface area contributed by atoms with Crippen LogP contribution >= 0.6 is 11.3 Å². The molecule has 0 aliphatic heterocycles. The molecule has 1 atom stereocenters. The first-order chi connectivity index (χ1) is 21.3. The van der Waals surface area contributed by atoms with Gasteiger partial charge in [-0.3, -0.25) is 9.20 Å². The quantitative estimate of drug-likeness (QED) is 0.125. The lowest BCUT2D eigenvalue weighted by atomic mass is 10.1. The van der Waals surface area contributed by atoms with Gasteiger partial charge in [-0.1, -0.05) is 59.7 Å². The molecular weight excluding hydrogens is 617 g/mol. The molecule has 0 bridgehead atoms. The number of ether oxygens (including phenoxy) is 2. The number of pyridine rings is 1. The Labute approximate surface area is 268 Å². The smallest absolute Gasteiger partial charge is 0.387 e. The second-order valence-electron chi connectivity index (χ2n) is 12.2. The van der Waals surface area contributed by atoms with E-state index >= 15 is 0 Å². The van der Waals surface area contributed by atoms with Crippen LogP contribution in [0.1, 0.15) is 76.1 Å². The van der Waals surface area contributed by atoms with E-state index in [4.69, 9.17) is 19.6 Å². The van der Waals surface area contributed by atoms with E-state index < -0.39 is 26.9 Å². The van der Waals surface area contributed by atoms with Gasteiger partial charge in [-0.2, -0.15) is 8.78 Å². The van der Waals surface area contributed by atoms with Crippen LogP contribution in [0.5, 0.6) is 11.5 Å². The molecule has 3 aromatic heterocycles. The summed E-state index contributed by atoms with van der Waals surface area (Å²) in [5.74, 6) is -0.209. The van der Waals surface area contributed by atoms with E-state index in [0.29, 0.717) is 45.0 Å². The Kier molecular flexibility index (Phi) is 11.1. The van der Waals surface area contributed by atoms with Gasteiger partial charge < -0.3 is 24.7 Å². The highest BCUT2D eigenvalue weighted by atomic mass is 32.1. The van der Waals surface area contributed by atoms with Crippen LogP contribution < -0.4 is 15.2 Å². The SMILES string of the molecule is CC(C)[Si](OCc1ccc2ncc(-c3cc(O[C@H](C)c4ccc(CO)cc4OC(F)F)c(CC(N)=O)s3)n2c1)(C(C)C)C(C)C. The van der Waals surface area contributed by atoms with Gasteiger partial charge in [-0.25, -0.2) is 4.98 Å². The second kappa shape index (κ2) is 14.4. The number of thiophene rings is 1. The number of fused-ring (bicyclic) bond motifs is 1. The van der Waals surface area contributed by atoms with E-state index in [1.807, 2.05) is 28.8 Å². The zero-order valence-electron chi connectivity index (χ0n) is 26.8. The largest absolute Gasteiger partial charge is 0.485 e. The first kappa shape index (κ1) is 34.5. The van der Waals surface area contributed by atoms with Crippen LogP contribution in [0.15, 0.2) is 48.8 Å². The normalized spacial score (nSPS) is 13.0. The Bertz CT molecular complexity index is 1600. The Balaban J connectivity index is 1.67. The molecule has 12 heteroatoms. The molecule has 3 N–H and O–H groups in total. The number of aliphatic hydroxyl groups excluding tert-OH is 1. The minimum Gasteiger partial charge on any atom is -0.485 e. The predicted octanol–water partition coefficient (Wildman–Crippen LogP) is 8.02. The molecular formula is C33H43F2N3O5SSi. The zero-order valence-corrected chi connectivity index (χ0v) is 28.7. The molecule has 4 rings (SSSR count). The number of aliphatic hydroxyl groups is 1. The van der Waals surface area contributed by atoms with Crippen molar-refractivity contribution in [3.63, 3.8) is 0 Å². The third-order valence-electron chi connectivity index (χ3n) is 8.34. The molecule has 1 amide bonds. The zero-order chi connectivity index (χ0) is 33.1. The molecule has 1 aromatic carbocycles. The van der Waals surface area contributed by atoms with Crippen LogP contribution in [-0.4, -0.2) is 35.3 Å². The number of nitrogens with zero attached hydrogens (tertiary/aromatic N) is 2. The Hall–Kier alpha value is -3.32. The molecule has 0 aliphatic rings. The molecule has 3 heterocycles. The highest BCUT2D eigenvalue weighted by Crippen LogP contribution is 2.43. The van der Waals surface area contributed by atoms with Crippen molar-refractivity contribution >= 4 is 31.2 Å². The van der Waals surface area contributed by atoms with Gasteiger partial charge in [0, 0.05) is 17.8 Å². The number of benzene rings is 1. The van der Waals surface area contributed by atoms with Gasteiger partial charge in [-0.15, -0.1) is 11.3 Å². The maximum Gasteiger partial charge on any atom is 0.387 e. The molecule has 8 nitrogen and oxygen atoms in total.